The minimum atomic E-state index is 0.0491. The molecule has 20 heavy (non-hydrogen) atoms. The number of methoxy groups -OCH3 is 1. The number of benzene rings is 1. The van der Waals surface area contributed by atoms with Crippen LogP contribution in [0.5, 0.6) is 11.5 Å². The Morgan fingerprint density at radius 3 is 2.65 bits per heavy atom. The number of amides is 1. The van der Waals surface area contributed by atoms with Crippen molar-refractivity contribution >= 4 is 5.91 Å². The maximum atomic E-state index is 12.2. The van der Waals surface area contributed by atoms with Gasteiger partial charge < -0.3 is 14.4 Å². The maximum absolute atomic E-state index is 12.2. The van der Waals surface area contributed by atoms with Gasteiger partial charge in [0.05, 0.1) is 7.11 Å². The fourth-order valence-electron chi connectivity index (χ4n) is 2.49. The first kappa shape index (κ1) is 14.7. The van der Waals surface area contributed by atoms with Gasteiger partial charge in [0.15, 0.2) is 18.1 Å². The van der Waals surface area contributed by atoms with Gasteiger partial charge in [-0.1, -0.05) is 26.0 Å². The van der Waals surface area contributed by atoms with Gasteiger partial charge in [0.1, 0.15) is 0 Å². The van der Waals surface area contributed by atoms with Crippen LogP contribution in [0.15, 0.2) is 24.3 Å². The Bertz CT molecular complexity index is 475. The summed E-state index contributed by atoms with van der Waals surface area (Å²) in [6.07, 6.45) is 2.17. The van der Waals surface area contributed by atoms with Crippen molar-refractivity contribution in [2.45, 2.75) is 26.7 Å². The SMILES string of the molecule is CC[C@@]1(C)CCN(C(=O)COc2ccccc2OC)C1. The summed E-state index contributed by atoms with van der Waals surface area (Å²) in [5.41, 5.74) is 0.264. The standard InChI is InChI=1S/C16H23NO3/c1-4-16(2)9-10-17(12-16)15(18)11-20-14-8-6-5-7-13(14)19-3/h5-8H,4,9-12H2,1-3H3/t16-/m0/s1. The van der Waals surface area contributed by atoms with E-state index in [9.17, 15) is 4.79 Å². The summed E-state index contributed by atoms with van der Waals surface area (Å²) in [5.74, 6) is 1.31. The van der Waals surface area contributed by atoms with E-state index in [0.717, 1.165) is 25.9 Å². The molecule has 4 nitrogen and oxygen atoms in total. The molecule has 1 amide bonds. The van der Waals surface area contributed by atoms with Crippen LogP contribution in [0, 0.1) is 5.41 Å². The van der Waals surface area contributed by atoms with E-state index in [1.807, 2.05) is 29.2 Å². The Hall–Kier alpha value is -1.71. The summed E-state index contributed by atoms with van der Waals surface area (Å²) in [5, 5.41) is 0. The minimum absolute atomic E-state index is 0.0491. The van der Waals surface area contributed by atoms with E-state index in [1.165, 1.54) is 0 Å². The predicted molar refractivity (Wildman–Crippen MR) is 78.1 cm³/mol. The summed E-state index contributed by atoms with van der Waals surface area (Å²) in [7, 11) is 1.59. The highest BCUT2D eigenvalue weighted by atomic mass is 16.5. The zero-order chi connectivity index (χ0) is 14.6. The van der Waals surface area contributed by atoms with E-state index < -0.39 is 0 Å². The van der Waals surface area contributed by atoms with E-state index in [0.29, 0.717) is 11.5 Å². The first-order valence-corrected chi connectivity index (χ1v) is 7.11. The molecule has 1 aliphatic rings. The predicted octanol–water partition coefficient (Wildman–Crippen LogP) is 2.72. The van der Waals surface area contributed by atoms with Gasteiger partial charge in [0.2, 0.25) is 0 Å². The molecule has 2 rings (SSSR count). The Labute approximate surface area is 120 Å². The van der Waals surface area contributed by atoms with Crippen LogP contribution in [0.4, 0.5) is 0 Å². The number of carbonyl (C=O) groups excluding carboxylic acids is 1. The van der Waals surface area contributed by atoms with Crippen molar-refractivity contribution in [3.8, 4) is 11.5 Å². The van der Waals surface area contributed by atoms with Gasteiger partial charge in [0.25, 0.3) is 5.91 Å². The Balaban J connectivity index is 1.90. The molecular formula is C16H23NO3. The molecule has 110 valence electrons. The normalized spacial score (nSPS) is 21.9. The van der Waals surface area contributed by atoms with Gasteiger partial charge in [-0.25, -0.2) is 0 Å². The number of ether oxygens (including phenoxy) is 2. The van der Waals surface area contributed by atoms with Crippen LogP contribution >= 0.6 is 0 Å². The highest BCUT2D eigenvalue weighted by Crippen LogP contribution is 2.33. The second-order valence-corrected chi connectivity index (χ2v) is 5.67. The van der Waals surface area contributed by atoms with Crippen molar-refractivity contribution in [1.82, 2.24) is 4.90 Å². The van der Waals surface area contributed by atoms with E-state index in [4.69, 9.17) is 9.47 Å². The number of nitrogens with zero attached hydrogens (tertiary/aromatic N) is 1. The van der Waals surface area contributed by atoms with E-state index >= 15 is 0 Å². The van der Waals surface area contributed by atoms with Gasteiger partial charge in [-0.2, -0.15) is 0 Å². The molecule has 1 atom stereocenters. The number of rotatable bonds is 5. The van der Waals surface area contributed by atoms with Crippen LogP contribution in [-0.4, -0.2) is 37.6 Å². The monoisotopic (exact) mass is 277 g/mol. The summed E-state index contributed by atoms with van der Waals surface area (Å²) in [6, 6.07) is 7.38. The molecular weight excluding hydrogens is 254 g/mol. The zero-order valence-corrected chi connectivity index (χ0v) is 12.5. The van der Waals surface area contributed by atoms with Crippen molar-refractivity contribution in [3.05, 3.63) is 24.3 Å². The molecule has 1 aromatic rings. The van der Waals surface area contributed by atoms with Gasteiger partial charge in [-0.3, -0.25) is 4.79 Å². The third-order valence-corrected chi connectivity index (χ3v) is 4.18. The molecule has 0 bridgehead atoms. The first-order valence-electron chi connectivity index (χ1n) is 7.11. The molecule has 0 spiro atoms. The topological polar surface area (TPSA) is 38.8 Å². The minimum Gasteiger partial charge on any atom is -0.493 e. The Morgan fingerprint density at radius 1 is 1.35 bits per heavy atom. The quantitative estimate of drug-likeness (QED) is 0.830. The third-order valence-electron chi connectivity index (χ3n) is 4.18. The molecule has 1 aliphatic heterocycles. The van der Waals surface area contributed by atoms with Gasteiger partial charge in [-0.15, -0.1) is 0 Å². The van der Waals surface area contributed by atoms with Crippen LogP contribution in [0.1, 0.15) is 26.7 Å². The molecule has 4 heteroatoms. The van der Waals surface area contributed by atoms with Crippen LogP contribution in [0.25, 0.3) is 0 Å². The number of para-hydroxylation sites is 2. The lowest BCUT2D eigenvalue weighted by molar-refractivity contribution is -0.132. The largest absolute Gasteiger partial charge is 0.493 e. The fourth-order valence-corrected chi connectivity index (χ4v) is 2.49. The van der Waals surface area contributed by atoms with Crippen molar-refractivity contribution in [2.75, 3.05) is 26.8 Å². The lowest BCUT2D eigenvalue weighted by Gasteiger charge is -2.22. The van der Waals surface area contributed by atoms with E-state index in [2.05, 4.69) is 13.8 Å². The van der Waals surface area contributed by atoms with Gasteiger partial charge in [-0.05, 0) is 30.4 Å². The molecule has 1 aromatic carbocycles. The van der Waals surface area contributed by atoms with Crippen molar-refractivity contribution in [1.29, 1.82) is 0 Å². The maximum Gasteiger partial charge on any atom is 0.260 e. The second-order valence-electron chi connectivity index (χ2n) is 5.67. The zero-order valence-electron chi connectivity index (χ0n) is 12.5. The lowest BCUT2D eigenvalue weighted by atomic mass is 9.87. The molecule has 0 aliphatic carbocycles. The molecule has 1 fully saturated rings. The van der Waals surface area contributed by atoms with E-state index in [-0.39, 0.29) is 17.9 Å². The van der Waals surface area contributed by atoms with Crippen LogP contribution in [-0.2, 0) is 4.79 Å². The number of carbonyl (C=O) groups is 1. The Morgan fingerprint density at radius 2 is 2.05 bits per heavy atom. The van der Waals surface area contributed by atoms with Crippen LogP contribution in [0.3, 0.4) is 0 Å². The molecule has 0 aromatic heterocycles. The highest BCUT2D eigenvalue weighted by Gasteiger charge is 2.34. The van der Waals surface area contributed by atoms with Crippen LogP contribution in [0.2, 0.25) is 0 Å². The summed E-state index contributed by atoms with van der Waals surface area (Å²) in [6.45, 7) is 6.15. The summed E-state index contributed by atoms with van der Waals surface area (Å²) in [4.78, 5) is 14.1. The number of hydrogen-bond donors (Lipinski definition) is 0. The molecule has 0 unspecified atom stereocenters. The Kier molecular flexibility index (Phi) is 4.53. The average molecular weight is 277 g/mol. The van der Waals surface area contributed by atoms with Gasteiger partial charge in [0, 0.05) is 13.1 Å². The second kappa shape index (κ2) is 6.16. The molecule has 1 saturated heterocycles. The van der Waals surface area contributed by atoms with Crippen molar-refractivity contribution < 1.29 is 14.3 Å². The first-order chi connectivity index (χ1) is 9.58. The summed E-state index contributed by atoms with van der Waals surface area (Å²) < 4.78 is 10.8. The van der Waals surface area contributed by atoms with Crippen molar-refractivity contribution in [2.24, 2.45) is 5.41 Å². The average Bonchev–Trinajstić information content (AvgIpc) is 2.88. The summed E-state index contributed by atoms with van der Waals surface area (Å²) >= 11 is 0. The highest BCUT2D eigenvalue weighted by molar-refractivity contribution is 5.78. The lowest BCUT2D eigenvalue weighted by Crippen LogP contribution is -2.34. The third kappa shape index (κ3) is 3.24. The molecule has 0 saturated carbocycles. The molecule has 0 N–H and O–H groups in total. The van der Waals surface area contributed by atoms with Crippen molar-refractivity contribution in [3.63, 3.8) is 0 Å². The van der Waals surface area contributed by atoms with Gasteiger partial charge >= 0.3 is 0 Å². The van der Waals surface area contributed by atoms with E-state index in [1.54, 1.807) is 7.11 Å². The fraction of sp³-hybridized carbons (Fsp3) is 0.562. The number of hydrogen-bond acceptors (Lipinski definition) is 3. The number of likely N-dealkylation sites (tertiary alicyclic amines) is 1. The molecule has 0 radical (unpaired) electrons. The molecule has 1 heterocycles. The smallest absolute Gasteiger partial charge is 0.260 e. The van der Waals surface area contributed by atoms with Crippen LogP contribution < -0.4 is 9.47 Å².